The molecule has 2 aromatic heterocycles. The molecule has 3 heterocycles. The monoisotopic (exact) mass is 364 g/mol. The number of rotatable bonds is 2. The molecule has 2 amide bonds. The standard InChI is InChI=1S/C21H20N2O4/c1-5-22-18(24)14-15(19(22)25)17(20(26)27-21(2,3)4)23-11-10-12-8-6-7-9-13(12)16(14)23/h6-11H,5H2,1-4H3. The van der Waals surface area contributed by atoms with Crippen molar-refractivity contribution in [3.63, 3.8) is 0 Å². The third-order valence-corrected chi connectivity index (χ3v) is 4.65. The van der Waals surface area contributed by atoms with E-state index in [9.17, 15) is 14.4 Å². The van der Waals surface area contributed by atoms with Crippen LogP contribution in [0.3, 0.4) is 0 Å². The van der Waals surface area contributed by atoms with Gasteiger partial charge in [-0.1, -0.05) is 24.3 Å². The lowest BCUT2D eigenvalue weighted by molar-refractivity contribution is 0.00591. The topological polar surface area (TPSA) is 68.1 Å². The zero-order chi connectivity index (χ0) is 19.5. The minimum absolute atomic E-state index is 0.106. The summed E-state index contributed by atoms with van der Waals surface area (Å²) in [6.45, 7) is 7.28. The first-order valence-corrected chi connectivity index (χ1v) is 8.90. The molecular formula is C21H20N2O4. The van der Waals surface area contributed by atoms with Crippen molar-refractivity contribution in [3.05, 3.63) is 53.3 Å². The molecule has 27 heavy (non-hydrogen) atoms. The van der Waals surface area contributed by atoms with Crippen LogP contribution in [0, 0.1) is 0 Å². The fourth-order valence-corrected chi connectivity index (χ4v) is 3.61. The van der Waals surface area contributed by atoms with E-state index in [2.05, 4.69) is 0 Å². The van der Waals surface area contributed by atoms with Crippen LogP contribution in [0.2, 0.25) is 0 Å². The lowest BCUT2D eigenvalue weighted by Gasteiger charge is -2.20. The number of esters is 1. The van der Waals surface area contributed by atoms with Crippen LogP contribution >= 0.6 is 0 Å². The molecule has 0 fully saturated rings. The van der Waals surface area contributed by atoms with E-state index in [0.29, 0.717) is 5.52 Å². The van der Waals surface area contributed by atoms with Crippen LogP contribution in [-0.2, 0) is 4.74 Å². The Labute approximate surface area is 156 Å². The van der Waals surface area contributed by atoms with Gasteiger partial charge in [0.1, 0.15) is 11.3 Å². The molecule has 138 valence electrons. The van der Waals surface area contributed by atoms with Crippen molar-refractivity contribution in [2.45, 2.75) is 33.3 Å². The molecule has 1 aliphatic heterocycles. The molecular weight excluding hydrogens is 344 g/mol. The number of nitrogens with zero attached hydrogens (tertiary/aromatic N) is 2. The summed E-state index contributed by atoms with van der Waals surface area (Å²) < 4.78 is 7.15. The van der Waals surface area contributed by atoms with Gasteiger partial charge < -0.3 is 9.14 Å². The van der Waals surface area contributed by atoms with Gasteiger partial charge in [0.2, 0.25) is 0 Å². The molecule has 0 atom stereocenters. The van der Waals surface area contributed by atoms with Crippen LogP contribution in [-0.4, -0.2) is 39.2 Å². The maximum Gasteiger partial charge on any atom is 0.356 e. The highest BCUT2D eigenvalue weighted by Gasteiger charge is 2.43. The third-order valence-electron chi connectivity index (χ3n) is 4.65. The van der Waals surface area contributed by atoms with E-state index in [4.69, 9.17) is 4.74 Å². The number of benzene rings is 1. The summed E-state index contributed by atoms with van der Waals surface area (Å²) in [6, 6.07) is 9.45. The van der Waals surface area contributed by atoms with E-state index >= 15 is 0 Å². The number of hydrogen-bond acceptors (Lipinski definition) is 4. The van der Waals surface area contributed by atoms with Gasteiger partial charge in [-0.05, 0) is 39.1 Å². The van der Waals surface area contributed by atoms with Crippen LogP contribution < -0.4 is 0 Å². The Morgan fingerprint density at radius 2 is 1.70 bits per heavy atom. The highest BCUT2D eigenvalue weighted by atomic mass is 16.6. The number of aromatic nitrogens is 1. The maximum atomic E-state index is 13.0. The fraction of sp³-hybridized carbons (Fsp3) is 0.286. The number of imide groups is 1. The minimum Gasteiger partial charge on any atom is -0.455 e. The molecule has 6 heteroatoms. The summed E-state index contributed by atoms with van der Waals surface area (Å²) in [7, 11) is 0. The van der Waals surface area contributed by atoms with Crippen molar-refractivity contribution >= 4 is 34.1 Å². The van der Waals surface area contributed by atoms with Crippen LogP contribution in [0.15, 0.2) is 36.5 Å². The van der Waals surface area contributed by atoms with E-state index in [1.165, 1.54) is 4.90 Å². The summed E-state index contributed by atoms with van der Waals surface area (Å²) in [5.74, 6) is -1.44. The largest absolute Gasteiger partial charge is 0.455 e. The molecule has 0 unspecified atom stereocenters. The number of amides is 2. The van der Waals surface area contributed by atoms with Crippen LogP contribution in [0.5, 0.6) is 0 Å². The summed E-state index contributed by atoms with van der Waals surface area (Å²) in [5, 5.41) is 1.74. The third kappa shape index (κ3) is 2.44. The second-order valence-corrected chi connectivity index (χ2v) is 7.58. The van der Waals surface area contributed by atoms with Crippen molar-refractivity contribution in [1.82, 2.24) is 9.30 Å². The average Bonchev–Trinajstić information content (AvgIpc) is 3.07. The molecule has 6 nitrogen and oxygen atoms in total. The molecule has 0 aliphatic carbocycles. The number of carbonyl (C=O) groups is 3. The quantitative estimate of drug-likeness (QED) is 0.514. The van der Waals surface area contributed by atoms with Crippen molar-refractivity contribution < 1.29 is 19.1 Å². The van der Waals surface area contributed by atoms with Gasteiger partial charge in [0.05, 0.1) is 16.6 Å². The van der Waals surface area contributed by atoms with Crippen molar-refractivity contribution in [1.29, 1.82) is 0 Å². The van der Waals surface area contributed by atoms with Crippen molar-refractivity contribution in [2.24, 2.45) is 0 Å². The molecule has 0 radical (unpaired) electrons. The molecule has 0 bridgehead atoms. The second-order valence-electron chi connectivity index (χ2n) is 7.58. The van der Waals surface area contributed by atoms with E-state index in [-0.39, 0.29) is 29.3 Å². The maximum absolute atomic E-state index is 13.0. The summed E-state index contributed by atoms with van der Waals surface area (Å²) in [5.41, 5.74) is 0.362. The summed E-state index contributed by atoms with van der Waals surface area (Å²) in [6.07, 6.45) is 1.71. The Bertz CT molecular complexity index is 1130. The SMILES string of the molecule is CCN1C(=O)c2c(c3c4ccccc4ccn3c2C(=O)OC(C)(C)C)C1=O. The van der Waals surface area contributed by atoms with Gasteiger partial charge in [0, 0.05) is 18.1 Å². The smallest absolute Gasteiger partial charge is 0.356 e. The van der Waals surface area contributed by atoms with Crippen LogP contribution in [0.25, 0.3) is 16.3 Å². The lowest BCUT2D eigenvalue weighted by atomic mass is 10.1. The van der Waals surface area contributed by atoms with Gasteiger partial charge in [-0.3, -0.25) is 14.5 Å². The molecule has 3 aromatic rings. The van der Waals surface area contributed by atoms with Gasteiger partial charge in [0.25, 0.3) is 11.8 Å². The van der Waals surface area contributed by atoms with Gasteiger partial charge in [-0.2, -0.15) is 0 Å². The Morgan fingerprint density at radius 3 is 2.37 bits per heavy atom. The summed E-state index contributed by atoms with van der Waals surface area (Å²) >= 11 is 0. The Balaban J connectivity index is 2.11. The van der Waals surface area contributed by atoms with Gasteiger partial charge in [-0.15, -0.1) is 0 Å². The lowest BCUT2D eigenvalue weighted by Crippen LogP contribution is -2.31. The number of ether oxygens (including phenoxy) is 1. The second kappa shape index (κ2) is 5.67. The molecule has 4 rings (SSSR count). The summed E-state index contributed by atoms with van der Waals surface area (Å²) in [4.78, 5) is 40.0. The van der Waals surface area contributed by atoms with Crippen molar-refractivity contribution in [3.8, 4) is 0 Å². The first kappa shape index (κ1) is 17.3. The van der Waals surface area contributed by atoms with Gasteiger partial charge in [0.15, 0.2) is 0 Å². The van der Waals surface area contributed by atoms with Gasteiger partial charge >= 0.3 is 5.97 Å². The van der Waals surface area contributed by atoms with E-state index in [1.54, 1.807) is 38.3 Å². The number of pyridine rings is 1. The zero-order valence-electron chi connectivity index (χ0n) is 15.7. The van der Waals surface area contributed by atoms with Gasteiger partial charge in [-0.25, -0.2) is 4.79 Å². The van der Waals surface area contributed by atoms with E-state index in [1.807, 2.05) is 30.3 Å². The predicted octanol–water partition coefficient (Wildman–Crippen LogP) is 3.66. The Hall–Kier alpha value is -3.15. The minimum atomic E-state index is -0.721. The first-order chi connectivity index (χ1) is 12.7. The van der Waals surface area contributed by atoms with E-state index in [0.717, 1.165) is 10.8 Å². The highest BCUT2D eigenvalue weighted by molar-refractivity contribution is 6.29. The molecule has 1 aromatic carbocycles. The number of fused-ring (bicyclic) bond motifs is 5. The van der Waals surface area contributed by atoms with E-state index < -0.39 is 17.5 Å². The predicted molar refractivity (Wildman–Crippen MR) is 101 cm³/mol. The Morgan fingerprint density at radius 1 is 1.04 bits per heavy atom. The molecule has 1 aliphatic rings. The number of carbonyl (C=O) groups excluding carboxylic acids is 3. The van der Waals surface area contributed by atoms with Crippen LogP contribution in [0.4, 0.5) is 0 Å². The molecule has 0 spiro atoms. The fourth-order valence-electron chi connectivity index (χ4n) is 3.61. The van der Waals surface area contributed by atoms with Crippen LogP contribution in [0.1, 0.15) is 58.9 Å². The molecule has 0 saturated carbocycles. The Kier molecular flexibility index (Phi) is 3.63. The molecule has 0 saturated heterocycles. The normalized spacial score (nSPS) is 14.3. The first-order valence-electron chi connectivity index (χ1n) is 8.90. The molecule has 0 N–H and O–H groups in total. The van der Waals surface area contributed by atoms with Crippen molar-refractivity contribution in [2.75, 3.05) is 6.54 Å². The highest BCUT2D eigenvalue weighted by Crippen LogP contribution is 2.36. The number of hydrogen-bond donors (Lipinski definition) is 0. The zero-order valence-corrected chi connectivity index (χ0v) is 15.7. The average molecular weight is 364 g/mol.